The molecule has 0 N–H and O–H groups in total. The normalized spacial score (nSPS) is 16.1. The van der Waals surface area contributed by atoms with Crippen molar-refractivity contribution in [2.75, 3.05) is 31.1 Å². The van der Waals surface area contributed by atoms with Gasteiger partial charge in [0.1, 0.15) is 5.75 Å². The molecule has 0 bridgehead atoms. The molecule has 3 rings (SSSR count). The van der Waals surface area contributed by atoms with E-state index >= 15 is 0 Å². The highest BCUT2D eigenvalue weighted by Crippen LogP contribution is 2.31. The minimum Gasteiger partial charge on any atom is -0.481 e. The predicted octanol–water partition coefficient (Wildman–Crippen LogP) is 3.82. The number of alkyl halides is 3. The molecule has 27 heavy (non-hydrogen) atoms. The summed E-state index contributed by atoms with van der Waals surface area (Å²) in [4.78, 5) is 16.1. The number of benzene rings is 2. The Morgan fingerprint density at radius 1 is 1.00 bits per heavy atom. The average Bonchev–Trinajstić information content (AvgIpc) is 2.68. The Kier molecular flexibility index (Phi) is 5.58. The van der Waals surface area contributed by atoms with Crippen LogP contribution in [0.4, 0.5) is 18.9 Å². The van der Waals surface area contributed by atoms with E-state index in [2.05, 4.69) is 0 Å². The van der Waals surface area contributed by atoms with Crippen LogP contribution in [0.2, 0.25) is 0 Å². The number of rotatable bonds is 4. The number of halogens is 3. The molecule has 144 valence electrons. The van der Waals surface area contributed by atoms with Gasteiger partial charge < -0.3 is 14.5 Å². The fraction of sp³-hybridized carbons (Fsp3) is 0.350. The van der Waals surface area contributed by atoms with Gasteiger partial charge in [0, 0.05) is 31.9 Å². The van der Waals surface area contributed by atoms with Crippen LogP contribution in [0.15, 0.2) is 54.6 Å². The minimum absolute atomic E-state index is 0.123. The van der Waals surface area contributed by atoms with Gasteiger partial charge in [0.2, 0.25) is 0 Å². The summed E-state index contributed by atoms with van der Waals surface area (Å²) in [5, 5.41) is 0. The van der Waals surface area contributed by atoms with Crippen molar-refractivity contribution in [1.82, 2.24) is 4.90 Å². The van der Waals surface area contributed by atoms with Crippen molar-refractivity contribution in [1.29, 1.82) is 0 Å². The van der Waals surface area contributed by atoms with E-state index in [-0.39, 0.29) is 5.91 Å². The standard InChI is InChI=1S/C20H21F3N2O2/c1-15(27-18-8-3-2-4-9-18)19(26)25-12-10-24(11-13-25)17-7-5-6-16(14-17)20(21,22)23/h2-9,14-15H,10-13H2,1H3. The summed E-state index contributed by atoms with van der Waals surface area (Å²) in [6.45, 7) is 3.54. The molecule has 1 saturated heterocycles. The molecule has 1 aliphatic rings. The summed E-state index contributed by atoms with van der Waals surface area (Å²) < 4.78 is 44.3. The molecule has 1 fully saturated rings. The van der Waals surface area contributed by atoms with E-state index in [0.29, 0.717) is 37.6 Å². The number of ether oxygens (including phenoxy) is 1. The number of hydrogen-bond acceptors (Lipinski definition) is 3. The van der Waals surface area contributed by atoms with Crippen molar-refractivity contribution < 1.29 is 22.7 Å². The van der Waals surface area contributed by atoms with Gasteiger partial charge in [-0.05, 0) is 37.3 Å². The van der Waals surface area contributed by atoms with Crippen molar-refractivity contribution >= 4 is 11.6 Å². The number of carbonyl (C=O) groups is 1. The first kappa shape index (κ1) is 19.1. The largest absolute Gasteiger partial charge is 0.481 e. The molecule has 7 heteroatoms. The average molecular weight is 378 g/mol. The van der Waals surface area contributed by atoms with Crippen LogP contribution in [0.3, 0.4) is 0 Å². The molecule has 1 heterocycles. The smallest absolute Gasteiger partial charge is 0.416 e. The van der Waals surface area contributed by atoms with Crippen LogP contribution >= 0.6 is 0 Å². The summed E-state index contributed by atoms with van der Waals surface area (Å²) in [5.74, 6) is 0.503. The maximum atomic E-state index is 12.9. The summed E-state index contributed by atoms with van der Waals surface area (Å²) in [6.07, 6.45) is -4.98. The van der Waals surface area contributed by atoms with Gasteiger partial charge in [0.25, 0.3) is 5.91 Å². The van der Waals surface area contributed by atoms with Gasteiger partial charge in [-0.2, -0.15) is 13.2 Å². The highest BCUT2D eigenvalue weighted by molar-refractivity contribution is 5.81. The molecule has 2 aromatic carbocycles. The third-order valence-corrected chi connectivity index (χ3v) is 4.53. The number of hydrogen-bond donors (Lipinski definition) is 0. The summed E-state index contributed by atoms with van der Waals surface area (Å²) in [5.41, 5.74) is -0.145. The van der Waals surface area contributed by atoms with E-state index in [1.807, 2.05) is 23.1 Å². The molecular formula is C20H21F3N2O2. The van der Waals surface area contributed by atoms with E-state index in [4.69, 9.17) is 4.74 Å². The molecule has 1 amide bonds. The van der Waals surface area contributed by atoms with Crippen LogP contribution in [-0.2, 0) is 11.0 Å². The number of piperazine rings is 1. The van der Waals surface area contributed by atoms with E-state index in [1.54, 1.807) is 30.0 Å². The second-order valence-electron chi connectivity index (χ2n) is 6.43. The molecule has 1 unspecified atom stereocenters. The third kappa shape index (κ3) is 4.72. The lowest BCUT2D eigenvalue weighted by molar-refractivity contribution is -0.138. The number of para-hydroxylation sites is 1. The van der Waals surface area contributed by atoms with Crippen LogP contribution in [-0.4, -0.2) is 43.1 Å². The van der Waals surface area contributed by atoms with Gasteiger partial charge in [-0.15, -0.1) is 0 Å². The molecule has 0 radical (unpaired) electrons. The van der Waals surface area contributed by atoms with Crippen LogP contribution < -0.4 is 9.64 Å². The maximum absolute atomic E-state index is 12.9. The lowest BCUT2D eigenvalue weighted by Crippen LogP contribution is -2.52. The fourth-order valence-electron chi connectivity index (χ4n) is 3.07. The first-order valence-electron chi connectivity index (χ1n) is 8.77. The molecule has 1 atom stereocenters. The van der Waals surface area contributed by atoms with Crippen molar-refractivity contribution in [2.24, 2.45) is 0 Å². The predicted molar refractivity (Wildman–Crippen MR) is 96.8 cm³/mol. The first-order valence-corrected chi connectivity index (χ1v) is 8.77. The SMILES string of the molecule is CC(Oc1ccccc1)C(=O)N1CCN(c2cccc(C(F)(F)F)c2)CC1. The van der Waals surface area contributed by atoms with Crippen molar-refractivity contribution in [3.05, 3.63) is 60.2 Å². The zero-order chi connectivity index (χ0) is 19.4. The molecule has 0 aliphatic carbocycles. The van der Waals surface area contributed by atoms with E-state index in [9.17, 15) is 18.0 Å². The highest BCUT2D eigenvalue weighted by atomic mass is 19.4. The Hall–Kier alpha value is -2.70. The number of amides is 1. The van der Waals surface area contributed by atoms with Crippen LogP contribution in [0, 0.1) is 0 Å². The first-order chi connectivity index (χ1) is 12.8. The van der Waals surface area contributed by atoms with E-state index < -0.39 is 17.8 Å². The fourth-order valence-corrected chi connectivity index (χ4v) is 3.07. The molecule has 1 aliphatic heterocycles. The summed E-state index contributed by atoms with van der Waals surface area (Å²) in [7, 11) is 0. The monoisotopic (exact) mass is 378 g/mol. The van der Waals surface area contributed by atoms with Gasteiger partial charge in [0.15, 0.2) is 6.10 Å². The van der Waals surface area contributed by atoms with E-state index in [0.717, 1.165) is 12.1 Å². The lowest BCUT2D eigenvalue weighted by Gasteiger charge is -2.37. The second-order valence-corrected chi connectivity index (χ2v) is 6.43. The topological polar surface area (TPSA) is 32.8 Å². The van der Waals surface area contributed by atoms with E-state index in [1.165, 1.54) is 6.07 Å². The van der Waals surface area contributed by atoms with Crippen molar-refractivity contribution in [2.45, 2.75) is 19.2 Å². The molecule has 0 saturated carbocycles. The molecule has 2 aromatic rings. The molecular weight excluding hydrogens is 357 g/mol. The minimum atomic E-state index is -4.36. The third-order valence-electron chi connectivity index (χ3n) is 4.53. The zero-order valence-electron chi connectivity index (χ0n) is 14.9. The molecule has 0 aromatic heterocycles. The summed E-state index contributed by atoms with van der Waals surface area (Å²) in [6, 6.07) is 14.4. The Labute approximate surface area is 156 Å². The zero-order valence-corrected chi connectivity index (χ0v) is 14.9. The quantitative estimate of drug-likeness (QED) is 0.811. The van der Waals surface area contributed by atoms with Gasteiger partial charge in [-0.25, -0.2) is 0 Å². The Morgan fingerprint density at radius 2 is 1.67 bits per heavy atom. The maximum Gasteiger partial charge on any atom is 0.416 e. The van der Waals surface area contributed by atoms with Gasteiger partial charge >= 0.3 is 6.18 Å². The van der Waals surface area contributed by atoms with Gasteiger partial charge in [0.05, 0.1) is 5.56 Å². The Morgan fingerprint density at radius 3 is 2.30 bits per heavy atom. The van der Waals surface area contributed by atoms with Crippen LogP contribution in [0.5, 0.6) is 5.75 Å². The van der Waals surface area contributed by atoms with Crippen LogP contribution in [0.25, 0.3) is 0 Å². The van der Waals surface area contributed by atoms with Crippen molar-refractivity contribution in [3.63, 3.8) is 0 Å². The Balaban J connectivity index is 1.58. The van der Waals surface area contributed by atoms with Crippen LogP contribution in [0.1, 0.15) is 12.5 Å². The van der Waals surface area contributed by atoms with Gasteiger partial charge in [-0.3, -0.25) is 4.79 Å². The number of anilines is 1. The summed E-state index contributed by atoms with van der Waals surface area (Å²) >= 11 is 0. The van der Waals surface area contributed by atoms with Crippen molar-refractivity contribution in [3.8, 4) is 5.75 Å². The van der Waals surface area contributed by atoms with Gasteiger partial charge in [-0.1, -0.05) is 24.3 Å². The number of carbonyl (C=O) groups excluding carboxylic acids is 1. The highest BCUT2D eigenvalue weighted by Gasteiger charge is 2.31. The Bertz CT molecular complexity index is 772. The molecule has 4 nitrogen and oxygen atoms in total. The second kappa shape index (κ2) is 7.90. The lowest BCUT2D eigenvalue weighted by atomic mass is 10.1. The number of nitrogens with zero attached hydrogens (tertiary/aromatic N) is 2. The molecule has 0 spiro atoms.